The number of nitrogens with zero attached hydrogens (tertiary/aromatic N) is 4. The summed E-state index contributed by atoms with van der Waals surface area (Å²) in [5, 5.41) is 10.9. The van der Waals surface area contributed by atoms with E-state index in [9.17, 15) is 9.59 Å². The van der Waals surface area contributed by atoms with Crippen molar-refractivity contribution in [3.8, 4) is 5.69 Å². The van der Waals surface area contributed by atoms with Crippen molar-refractivity contribution in [1.29, 1.82) is 0 Å². The summed E-state index contributed by atoms with van der Waals surface area (Å²) in [6.45, 7) is 4.34. The second kappa shape index (κ2) is 8.90. The fraction of sp³-hybridized carbons (Fsp3) is 0.250. The Bertz CT molecular complexity index is 918. The number of benzene rings is 2. The van der Waals surface area contributed by atoms with Crippen molar-refractivity contribution in [2.24, 2.45) is 5.92 Å². The number of rotatable bonds is 6. The fourth-order valence-electron chi connectivity index (χ4n) is 2.74. The number of tetrazole rings is 1. The molecule has 8 heteroatoms. The van der Waals surface area contributed by atoms with Gasteiger partial charge in [0, 0.05) is 5.56 Å². The molecule has 0 unspecified atom stereocenters. The van der Waals surface area contributed by atoms with E-state index in [2.05, 4.69) is 40.2 Å². The summed E-state index contributed by atoms with van der Waals surface area (Å²) in [5.41, 5.74) is 8.15. The number of carbonyl (C=O) groups excluding carboxylic acids is 2. The van der Waals surface area contributed by atoms with E-state index in [1.54, 1.807) is 24.3 Å². The van der Waals surface area contributed by atoms with Crippen LogP contribution in [0, 0.1) is 5.92 Å². The molecule has 0 fully saturated rings. The van der Waals surface area contributed by atoms with E-state index >= 15 is 0 Å². The van der Waals surface area contributed by atoms with E-state index in [4.69, 9.17) is 0 Å². The molecular formula is C20H22N6O2. The number of hydrogen-bond acceptors (Lipinski definition) is 5. The van der Waals surface area contributed by atoms with Gasteiger partial charge in [-0.15, -0.1) is 5.10 Å². The molecule has 0 aliphatic heterocycles. The van der Waals surface area contributed by atoms with E-state index < -0.39 is 5.91 Å². The Kier molecular flexibility index (Phi) is 6.11. The van der Waals surface area contributed by atoms with Crippen LogP contribution in [0.15, 0.2) is 54.9 Å². The first kappa shape index (κ1) is 19.2. The molecular weight excluding hydrogens is 356 g/mol. The van der Waals surface area contributed by atoms with Gasteiger partial charge >= 0.3 is 0 Å². The van der Waals surface area contributed by atoms with Crippen molar-refractivity contribution in [1.82, 2.24) is 31.1 Å². The third-order valence-electron chi connectivity index (χ3n) is 4.09. The summed E-state index contributed by atoms with van der Waals surface area (Å²) in [7, 11) is 0. The van der Waals surface area contributed by atoms with E-state index in [-0.39, 0.29) is 12.3 Å². The minimum absolute atomic E-state index is 0.195. The third kappa shape index (κ3) is 5.23. The Morgan fingerprint density at radius 2 is 1.64 bits per heavy atom. The number of amides is 2. The summed E-state index contributed by atoms with van der Waals surface area (Å²) < 4.78 is 1.48. The predicted molar refractivity (Wildman–Crippen MR) is 103 cm³/mol. The molecule has 0 aliphatic rings. The summed E-state index contributed by atoms with van der Waals surface area (Å²) in [6.07, 6.45) is 2.67. The first-order valence-electron chi connectivity index (χ1n) is 9.01. The minimum Gasteiger partial charge on any atom is -0.273 e. The summed E-state index contributed by atoms with van der Waals surface area (Å²) in [5.74, 6) is -0.0922. The average Bonchev–Trinajstić information content (AvgIpc) is 3.22. The Balaban J connectivity index is 1.49. The highest BCUT2D eigenvalue weighted by Crippen LogP contribution is 2.10. The van der Waals surface area contributed by atoms with Crippen LogP contribution in [0.1, 0.15) is 35.3 Å². The Morgan fingerprint density at radius 3 is 2.25 bits per heavy atom. The van der Waals surface area contributed by atoms with Crippen LogP contribution in [-0.4, -0.2) is 32.0 Å². The zero-order valence-electron chi connectivity index (χ0n) is 15.8. The molecule has 0 bridgehead atoms. The van der Waals surface area contributed by atoms with Gasteiger partial charge < -0.3 is 0 Å². The smallest absolute Gasteiger partial charge is 0.269 e. The number of hydrogen-bond donors (Lipinski definition) is 2. The highest BCUT2D eigenvalue weighted by molar-refractivity contribution is 5.95. The van der Waals surface area contributed by atoms with Crippen molar-refractivity contribution < 1.29 is 9.59 Å². The molecule has 0 radical (unpaired) electrons. The van der Waals surface area contributed by atoms with Gasteiger partial charge in [0.15, 0.2) is 0 Å². The molecule has 3 aromatic rings. The molecule has 0 saturated carbocycles. The van der Waals surface area contributed by atoms with Gasteiger partial charge in [0.05, 0.1) is 12.1 Å². The monoisotopic (exact) mass is 378 g/mol. The molecule has 3 rings (SSSR count). The summed E-state index contributed by atoms with van der Waals surface area (Å²) in [4.78, 5) is 24.2. The molecule has 28 heavy (non-hydrogen) atoms. The lowest BCUT2D eigenvalue weighted by atomic mass is 10.0. The third-order valence-corrected chi connectivity index (χ3v) is 4.09. The molecule has 0 aliphatic carbocycles. The summed E-state index contributed by atoms with van der Waals surface area (Å²) >= 11 is 0. The molecule has 2 amide bonds. The zero-order valence-corrected chi connectivity index (χ0v) is 15.8. The maximum Gasteiger partial charge on any atom is 0.269 e. The number of nitrogens with one attached hydrogen (secondary N) is 2. The standard InChI is InChI=1S/C20H22N6O2/c1-14(2)11-15-3-5-16(6-4-15)12-19(27)22-23-20(28)17-7-9-18(10-8-17)26-13-21-24-25-26/h3-10,13-14H,11-12H2,1-2H3,(H,22,27)(H,23,28). The molecule has 2 N–H and O–H groups in total. The Morgan fingerprint density at radius 1 is 0.964 bits per heavy atom. The maximum absolute atomic E-state index is 12.2. The minimum atomic E-state index is -0.399. The second-order valence-electron chi connectivity index (χ2n) is 6.89. The lowest BCUT2D eigenvalue weighted by Crippen LogP contribution is -2.42. The van der Waals surface area contributed by atoms with Crippen molar-refractivity contribution >= 4 is 11.8 Å². The SMILES string of the molecule is CC(C)Cc1ccc(CC(=O)NNC(=O)c2ccc(-n3cnnn3)cc2)cc1. The topological polar surface area (TPSA) is 102 Å². The zero-order chi connectivity index (χ0) is 19.9. The Hall–Kier alpha value is -3.55. The van der Waals surface area contributed by atoms with Crippen LogP contribution in [0.5, 0.6) is 0 Å². The largest absolute Gasteiger partial charge is 0.273 e. The lowest BCUT2D eigenvalue weighted by Gasteiger charge is -2.09. The van der Waals surface area contributed by atoms with Gasteiger partial charge in [0.25, 0.3) is 5.91 Å². The van der Waals surface area contributed by atoms with Gasteiger partial charge in [-0.25, -0.2) is 4.68 Å². The first-order chi connectivity index (χ1) is 13.5. The summed E-state index contributed by atoms with van der Waals surface area (Å²) in [6, 6.07) is 14.6. The number of aromatic nitrogens is 4. The van der Waals surface area contributed by atoms with Crippen LogP contribution in [-0.2, 0) is 17.6 Å². The molecule has 144 valence electrons. The van der Waals surface area contributed by atoms with Gasteiger partial charge in [-0.1, -0.05) is 38.1 Å². The van der Waals surface area contributed by atoms with Gasteiger partial charge in [-0.2, -0.15) is 0 Å². The van der Waals surface area contributed by atoms with Crippen LogP contribution in [0.25, 0.3) is 5.69 Å². The van der Waals surface area contributed by atoms with Crippen molar-refractivity contribution in [3.63, 3.8) is 0 Å². The van der Waals surface area contributed by atoms with Crippen molar-refractivity contribution in [2.75, 3.05) is 0 Å². The van der Waals surface area contributed by atoms with Crippen LogP contribution in [0.3, 0.4) is 0 Å². The number of carbonyl (C=O) groups is 2. The molecule has 0 saturated heterocycles. The van der Waals surface area contributed by atoms with Crippen molar-refractivity contribution in [2.45, 2.75) is 26.7 Å². The van der Waals surface area contributed by atoms with Gasteiger partial charge in [-0.05, 0) is 58.2 Å². The van der Waals surface area contributed by atoms with Crippen molar-refractivity contribution in [3.05, 3.63) is 71.5 Å². The van der Waals surface area contributed by atoms with Gasteiger partial charge in [0.2, 0.25) is 5.91 Å². The van der Waals surface area contributed by atoms with Crippen LogP contribution in [0.4, 0.5) is 0 Å². The number of hydrazine groups is 1. The Labute approximate surface area is 162 Å². The van der Waals surface area contributed by atoms with Crippen LogP contribution >= 0.6 is 0 Å². The van der Waals surface area contributed by atoms with Crippen LogP contribution in [0.2, 0.25) is 0 Å². The highest BCUT2D eigenvalue weighted by Gasteiger charge is 2.09. The van der Waals surface area contributed by atoms with E-state index in [1.807, 2.05) is 24.3 Å². The van der Waals surface area contributed by atoms with Gasteiger partial charge in [0.1, 0.15) is 6.33 Å². The normalized spacial score (nSPS) is 10.7. The van der Waals surface area contributed by atoms with Gasteiger partial charge in [-0.3, -0.25) is 20.4 Å². The second-order valence-corrected chi connectivity index (χ2v) is 6.89. The first-order valence-corrected chi connectivity index (χ1v) is 9.01. The predicted octanol–water partition coefficient (Wildman–Crippen LogP) is 1.86. The quantitative estimate of drug-likeness (QED) is 0.638. The van der Waals surface area contributed by atoms with Crippen LogP contribution < -0.4 is 10.9 Å². The lowest BCUT2D eigenvalue weighted by molar-refractivity contribution is -0.121. The molecule has 1 aromatic heterocycles. The average molecular weight is 378 g/mol. The van der Waals surface area contributed by atoms with E-state index in [0.29, 0.717) is 11.5 Å². The molecule has 0 spiro atoms. The molecule has 8 nitrogen and oxygen atoms in total. The molecule has 1 heterocycles. The fourth-order valence-corrected chi connectivity index (χ4v) is 2.74. The molecule has 2 aromatic carbocycles. The van der Waals surface area contributed by atoms with E-state index in [0.717, 1.165) is 17.7 Å². The van der Waals surface area contributed by atoms with E-state index in [1.165, 1.54) is 16.6 Å². The highest BCUT2D eigenvalue weighted by atomic mass is 16.2. The maximum atomic E-state index is 12.2. The molecule has 0 atom stereocenters.